The van der Waals surface area contributed by atoms with Gasteiger partial charge in [0.2, 0.25) is 0 Å². The lowest BCUT2D eigenvalue weighted by molar-refractivity contribution is 0.796. The molecule has 3 rings (SSSR count). The molecule has 0 saturated carbocycles. The summed E-state index contributed by atoms with van der Waals surface area (Å²) in [6.45, 7) is 0.806. The second-order valence-corrected chi connectivity index (χ2v) is 4.20. The quantitative estimate of drug-likeness (QED) is 0.678. The van der Waals surface area contributed by atoms with E-state index >= 15 is 0 Å². The predicted molar refractivity (Wildman–Crippen MR) is 72.0 cm³/mol. The highest BCUT2D eigenvalue weighted by molar-refractivity contribution is 5.63. The van der Waals surface area contributed by atoms with Crippen molar-refractivity contribution in [3.05, 3.63) is 78.9 Å². The van der Waals surface area contributed by atoms with Gasteiger partial charge in [-0.15, -0.1) is 0 Å². The zero-order valence-electron chi connectivity index (χ0n) is 9.95. The van der Waals surface area contributed by atoms with Crippen LogP contribution >= 0.6 is 0 Å². The van der Waals surface area contributed by atoms with Crippen molar-refractivity contribution < 1.29 is 0 Å². The summed E-state index contributed by atoms with van der Waals surface area (Å²) >= 11 is 0. The van der Waals surface area contributed by atoms with Crippen molar-refractivity contribution >= 4 is 0 Å². The van der Waals surface area contributed by atoms with Crippen LogP contribution in [0, 0.1) is 6.07 Å². The zero-order chi connectivity index (χ0) is 12.2. The Bertz CT molecular complexity index is 613. The molecule has 1 radical (unpaired) electrons. The second-order valence-electron chi connectivity index (χ2n) is 4.20. The van der Waals surface area contributed by atoms with Crippen LogP contribution in [0.5, 0.6) is 0 Å². The number of hydrogen-bond acceptors (Lipinski definition) is 1. The van der Waals surface area contributed by atoms with Crippen LogP contribution in [0.15, 0.2) is 67.3 Å². The van der Waals surface area contributed by atoms with Crippen LogP contribution in [0.2, 0.25) is 0 Å². The summed E-state index contributed by atoms with van der Waals surface area (Å²) in [5.74, 6) is 0. The van der Waals surface area contributed by atoms with Crippen molar-refractivity contribution in [3.8, 4) is 11.1 Å². The number of aromatic nitrogens is 2. The maximum Gasteiger partial charge on any atom is 0.0949 e. The van der Waals surface area contributed by atoms with Crippen molar-refractivity contribution in [2.75, 3.05) is 0 Å². The summed E-state index contributed by atoms with van der Waals surface area (Å²) in [4.78, 5) is 4.05. The molecule has 87 valence electrons. The van der Waals surface area contributed by atoms with E-state index in [0.29, 0.717) is 0 Å². The molecule has 0 aliphatic rings. The summed E-state index contributed by atoms with van der Waals surface area (Å²) in [6.07, 6.45) is 5.58. The molecule has 2 nitrogen and oxygen atoms in total. The van der Waals surface area contributed by atoms with Crippen LogP contribution in [0.1, 0.15) is 5.56 Å². The average Bonchev–Trinajstić information content (AvgIpc) is 2.93. The highest BCUT2D eigenvalue weighted by Gasteiger charge is 1.99. The Kier molecular flexibility index (Phi) is 2.92. The van der Waals surface area contributed by atoms with Crippen molar-refractivity contribution in [2.45, 2.75) is 6.54 Å². The van der Waals surface area contributed by atoms with Gasteiger partial charge in [-0.3, -0.25) is 0 Å². The van der Waals surface area contributed by atoms with Crippen molar-refractivity contribution in [2.24, 2.45) is 0 Å². The molecule has 18 heavy (non-hydrogen) atoms. The molecule has 0 spiro atoms. The van der Waals surface area contributed by atoms with Crippen LogP contribution in [0.4, 0.5) is 0 Å². The van der Waals surface area contributed by atoms with Crippen LogP contribution < -0.4 is 0 Å². The van der Waals surface area contributed by atoms with Gasteiger partial charge in [0.1, 0.15) is 0 Å². The Morgan fingerprint density at radius 3 is 2.72 bits per heavy atom. The summed E-state index contributed by atoms with van der Waals surface area (Å²) in [5, 5.41) is 0. The maximum atomic E-state index is 4.05. The minimum atomic E-state index is 0.806. The van der Waals surface area contributed by atoms with Crippen LogP contribution in [0.3, 0.4) is 0 Å². The van der Waals surface area contributed by atoms with E-state index in [2.05, 4.69) is 47.4 Å². The van der Waals surface area contributed by atoms with E-state index in [1.807, 2.05) is 29.2 Å². The molecule has 0 saturated heterocycles. The highest BCUT2D eigenvalue weighted by atomic mass is 15.0. The predicted octanol–water partition coefficient (Wildman–Crippen LogP) is 3.40. The molecule has 0 bridgehead atoms. The lowest BCUT2D eigenvalue weighted by Crippen LogP contribution is -1.96. The Morgan fingerprint density at radius 1 is 1.06 bits per heavy atom. The fourth-order valence-corrected chi connectivity index (χ4v) is 1.99. The minimum Gasteiger partial charge on any atom is -0.333 e. The third kappa shape index (κ3) is 2.33. The van der Waals surface area contributed by atoms with Gasteiger partial charge >= 0.3 is 0 Å². The lowest BCUT2D eigenvalue weighted by atomic mass is 10.0. The SMILES string of the molecule is [c]1ccc(-c2ccccc2)cc1Cn1ccnc1. The van der Waals surface area contributed by atoms with E-state index in [4.69, 9.17) is 0 Å². The summed E-state index contributed by atoms with van der Waals surface area (Å²) in [5.41, 5.74) is 3.62. The Balaban J connectivity index is 1.90. The average molecular weight is 233 g/mol. The Labute approximate surface area is 107 Å². The molecular weight excluding hydrogens is 220 g/mol. The van der Waals surface area contributed by atoms with Crippen LogP contribution in [-0.2, 0) is 6.54 Å². The summed E-state index contributed by atoms with van der Waals surface area (Å²) in [6, 6.07) is 19.9. The molecule has 0 amide bonds. The standard InChI is InChI=1S/C16H13N2/c1-2-6-15(7-3-1)16-8-4-5-14(11-16)12-18-10-9-17-13-18/h1-4,6-11,13H,12H2. The molecule has 2 aromatic carbocycles. The highest BCUT2D eigenvalue weighted by Crippen LogP contribution is 2.20. The third-order valence-electron chi connectivity index (χ3n) is 2.88. The van der Waals surface area contributed by atoms with Gasteiger partial charge in [0.25, 0.3) is 0 Å². The van der Waals surface area contributed by atoms with E-state index in [9.17, 15) is 0 Å². The van der Waals surface area contributed by atoms with Crippen molar-refractivity contribution in [1.82, 2.24) is 9.55 Å². The Hall–Kier alpha value is -2.35. The molecule has 0 aliphatic heterocycles. The van der Waals surface area contributed by atoms with Gasteiger partial charge in [0.05, 0.1) is 6.33 Å². The fourth-order valence-electron chi connectivity index (χ4n) is 1.99. The number of benzene rings is 2. The first-order valence-corrected chi connectivity index (χ1v) is 5.93. The van der Waals surface area contributed by atoms with E-state index in [1.165, 1.54) is 11.1 Å². The van der Waals surface area contributed by atoms with Gasteiger partial charge < -0.3 is 4.57 Å². The third-order valence-corrected chi connectivity index (χ3v) is 2.88. The molecule has 0 atom stereocenters. The van der Waals surface area contributed by atoms with Crippen molar-refractivity contribution in [3.63, 3.8) is 0 Å². The number of hydrogen-bond donors (Lipinski definition) is 0. The molecule has 1 heterocycles. The smallest absolute Gasteiger partial charge is 0.0949 e. The van der Waals surface area contributed by atoms with Crippen LogP contribution in [0.25, 0.3) is 11.1 Å². The molecule has 3 aromatic rings. The van der Waals surface area contributed by atoms with E-state index < -0.39 is 0 Å². The molecule has 0 aliphatic carbocycles. The van der Waals surface area contributed by atoms with Gasteiger partial charge in [0, 0.05) is 18.9 Å². The van der Waals surface area contributed by atoms with E-state index in [0.717, 1.165) is 12.1 Å². The molecule has 0 unspecified atom stereocenters. The van der Waals surface area contributed by atoms with Crippen LogP contribution in [-0.4, -0.2) is 9.55 Å². The topological polar surface area (TPSA) is 17.8 Å². The molecule has 0 N–H and O–H groups in total. The Morgan fingerprint density at radius 2 is 1.94 bits per heavy atom. The van der Waals surface area contributed by atoms with Gasteiger partial charge in [-0.05, 0) is 28.8 Å². The monoisotopic (exact) mass is 233 g/mol. The number of nitrogens with zero attached hydrogens (tertiary/aromatic N) is 2. The fraction of sp³-hybridized carbons (Fsp3) is 0.0625. The molecule has 1 aromatic heterocycles. The van der Waals surface area contributed by atoms with Crippen molar-refractivity contribution in [1.29, 1.82) is 0 Å². The van der Waals surface area contributed by atoms with E-state index in [-0.39, 0.29) is 0 Å². The minimum absolute atomic E-state index is 0.806. The van der Waals surface area contributed by atoms with E-state index in [1.54, 1.807) is 6.20 Å². The molecule has 0 fully saturated rings. The second kappa shape index (κ2) is 4.88. The maximum absolute atomic E-state index is 4.05. The van der Waals surface area contributed by atoms with Gasteiger partial charge in [-0.25, -0.2) is 4.98 Å². The molecular formula is C16H13N2. The largest absolute Gasteiger partial charge is 0.333 e. The summed E-state index contributed by atoms with van der Waals surface area (Å²) < 4.78 is 2.04. The first-order valence-electron chi connectivity index (χ1n) is 5.93. The number of rotatable bonds is 3. The van der Waals surface area contributed by atoms with Gasteiger partial charge in [0.15, 0.2) is 0 Å². The first kappa shape index (κ1) is 10.8. The molecule has 2 heteroatoms. The normalized spacial score (nSPS) is 10.4. The first-order chi connectivity index (χ1) is 8.92. The lowest BCUT2D eigenvalue weighted by Gasteiger charge is -2.06. The zero-order valence-corrected chi connectivity index (χ0v) is 9.95. The summed E-state index contributed by atoms with van der Waals surface area (Å²) in [7, 11) is 0. The van der Waals surface area contributed by atoms with Gasteiger partial charge in [-0.1, -0.05) is 42.5 Å². The van der Waals surface area contributed by atoms with Gasteiger partial charge in [-0.2, -0.15) is 0 Å². The number of imidazole rings is 1.